The number of aliphatic hydroxyl groups is 1. The van der Waals surface area contributed by atoms with Gasteiger partial charge in [0.1, 0.15) is 0 Å². The number of rotatable bonds is 7. The van der Waals surface area contributed by atoms with Crippen molar-refractivity contribution in [2.75, 3.05) is 52.5 Å². The maximum absolute atomic E-state index is 13.3. The van der Waals surface area contributed by atoms with Crippen molar-refractivity contribution in [1.82, 2.24) is 9.80 Å². The van der Waals surface area contributed by atoms with E-state index in [0.717, 1.165) is 31.6 Å². The van der Waals surface area contributed by atoms with E-state index in [9.17, 15) is 18.7 Å². The van der Waals surface area contributed by atoms with Gasteiger partial charge in [0.05, 0.1) is 25.4 Å². The van der Waals surface area contributed by atoms with Gasteiger partial charge in [0.25, 0.3) is 5.91 Å². The highest BCUT2D eigenvalue weighted by Gasteiger charge is 2.24. The molecule has 2 saturated heterocycles. The van der Waals surface area contributed by atoms with E-state index >= 15 is 0 Å². The Hall–Kier alpha value is -1.61. The van der Waals surface area contributed by atoms with Crippen LogP contribution in [0.3, 0.4) is 0 Å². The van der Waals surface area contributed by atoms with Gasteiger partial charge in [0.15, 0.2) is 11.6 Å². The van der Waals surface area contributed by atoms with Crippen LogP contribution < -0.4 is 0 Å². The van der Waals surface area contributed by atoms with Gasteiger partial charge in [-0.15, -0.1) is 0 Å². The second-order valence-electron chi connectivity index (χ2n) is 7.05. The summed E-state index contributed by atoms with van der Waals surface area (Å²) in [4.78, 5) is 16.1. The molecule has 2 unspecified atom stereocenters. The van der Waals surface area contributed by atoms with E-state index < -0.39 is 17.7 Å². The molecule has 2 aliphatic heterocycles. The molecule has 1 amide bonds. The lowest BCUT2D eigenvalue weighted by atomic mass is 10.1. The fourth-order valence-electron chi connectivity index (χ4n) is 3.41. The number of hydrogen-bond donors (Lipinski definition) is 1. The number of amides is 1. The number of nitrogens with zero attached hydrogens (tertiary/aromatic N) is 2. The Morgan fingerprint density at radius 3 is 2.70 bits per heavy atom. The van der Waals surface area contributed by atoms with Crippen LogP contribution in [0.2, 0.25) is 0 Å². The Balaban J connectivity index is 1.37. The minimum atomic E-state index is -1.02. The smallest absolute Gasteiger partial charge is 0.254 e. The van der Waals surface area contributed by atoms with Gasteiger partial charge in [-0.3, -0.25) is 9.69 Å². The van der Waals surface area contributed by atoms with Crippen LogP contribution in [0.4, 0.5) is 8.78 Å². The van der Waals surface area contributed by atoms with Crippen molar-refractivity contribution in [2.45, 2.75) is 25.0 Å². The first kappa shape index (κ1) is 20.1. The van der Waals surface area contributed by atoms with Gasteiger partial charge in [0, 0.05) is 44.9 Å². The van der Waals surface area contributed by atoms with E-state index in [2.05, 4.69) is 4.90 Å². The topological polar surface area (TPSA) is 62.2 Å². The Labute approximate surface area is 157 Å². The zero-order valence-electron chi connectivity index (χ0n) is 15.3. The van der Waals surface area contributed by atoms with Crippen molar-refractivity contribution in [3.05, 3.63) is 35.4 Å². The number of carbonyl (C=O) groups is 1. The largest absolute Gasteiger partial charge is 0.389 e. The molecule has 1 aromatic carbocycles. The molecule has 0 aromatic heterocycles. The van der Waals surface area contributed by atoms with E-state index in [4.69, 9.17) is 9.47 Å². The maximum atomic E-state index is 13.3. The third-order valence-electron chi connectivity index (χ3n) is 4.93. The molecule has 2 atom stereocenters. The monoisotopic (exact) mass is 384 g/mol. The van der Waals surface area contributed by atoms with E-state index in [1.807, 2.05) is 0 Å². The molecule has 1 aromatic rings. The van der Waals surface area contributed by atoms with Gasteiger partial charge in [-0.05, 0) is 31.0 Å². The Bertz CT molecular complexity index is 632. The van der Waals surface area contributed by atoms with Gasteiger partial charge in [-0.25, -0.2) is 8.78 Å². The first-order valence-corrected chi connectivity index (χ1v) is 9.37. The molecule has 0 radical (unpaired) electrons. The molecule has 2 fully saturated rings. The lowest BCUT2D eigenvalue weighted by Gasteiger charge is -2.35. The zero-order valence-corrected chi connectivity index (χ0v) is 15.3. The number of benzene rings is 1. The van der Waals surface area contributed by atoms with Crippen LogP contribution in [0.15, 0.2) is 18.2 Å². The van der Waals surface area contributed by atoms with E-state index in [1.54, 1.807) is 4.90 Å². The number of ether oxygens (including phenoxy) is 2. The highest BCUT2D eigenvalue weighted by atomic mass is 19.2. The summed E-state index contributed by atoms with van der Waals surface area (Å²) in [6.45, 7) is 4.18. The minimum absolute atomic E-state index is 0.142. The zero-order chi connectivity index (χ0) is 19.2. The Morgan fingerprint density at radius 1 is 1.26 bits per heavy atom. The molecule has 6 nitrogen and oxygen atoms in total. The fraction of sp³-hybridized carbons (Fsp3) is 0.632. The van der Waals surface area contributed by atoms with Crippen molar-refractivity contribution >= 4 is 5.91 Å². The predicted octanol–water partition coefficient (Wildman–Crippen LogP) is 1.28. The lowest BCUT2D eigenvalue weighted by Crippen LogP contribution is -2.50. The lowest BCUT2D eigenvalue weighted by molar-refractivity contribution is -0.0280. The second-order valence-corrected chi connectivity index (χ2v) is 7.05. The van der Waals surface area contributed by atoms with Crippen molar-refractivity contribution < 1.29 is 28.2 Å². The molecule has 2 heterocycles. The van der Waals surface area contributed by atoms with Crippen molar-refractivity contribution in [1.29, 1.82) is 0 Å². The van der Waals surface area contributed by atoms with Crippen LogP contribution in [0.1, 0.15) is 23.2 Å². The van der Waals surface area contributed by atoms with Gasteiger partial charge in [-0.1, -0.05) is 0 Å². The van der Waals surface area contributed by atoms with Crippen molar-refractivity contribution in [3.63, 3.8) is 0 Å². The second kappa shape index (κ2) is 9.54. The third kappa shape index (κ3) is 5.68. The molecule has 0 aliphatic carbocycles. The SMILES string of the molecule is O=C(c1ccc(F)c(F)c1)N1CCN(CC(O)COCC2CCCO2)CC1. The van der Waals surface area contributed by atoms with Crippen molar-refractivity contribution in [2.24, 2.45) is 0 Å². The summed E-state index contributed by atoms with van der Waals surface area (Å²) in [5, 5.41) is 10.1. The van der Waals surface area contributed by atoms with Crippen LogP contribution in [-0.4, -0.2) is 85.6 Å². The normalized spacial score (nSPS) is 22.2. The molecule has 1 N–H and O–H groups in total. The average molecular weight is 384 g/mol. The highest BCUT2D eigenvalue weighted by molar-refractivity contribution is 5.94. The summed E-state index contributed by atoms with van der Waals surface area (Å²) < 4.78 is 37.3. The summed E-state index contributed by atoms with van der Waals surface area (Å²) >= 11 is 0. The molecule has 0 bridgehead atoms. The molecular formula is C19H26F2N2O4. The summed E-state index contributed by atoms with van der Waals surface area (Å²) in [7, 11) is 0. The van der Waals surface area contributed by atoms with Crippen LogP contribution in [0, 0.1) is 11.6 Å². The van der Waals surface area contributed by atoms with Gasteiger partial charge < -0.3 is 19.5 Å². The minimum Gasteiger partial charge on any atom is -0.389 e. The first-order valence-electron chi connectivity index (χ1n) is 9.37. The standard InChI is InChI=1S/C19H26F2N2O4/c20-17-4-3-14(10-18(17)21)19(25)23-7-5-22(6-8-23)11-15(24)12-26-13-16-2-1-9-27-16/h3-4,10,15-16,24H,1-2,5-9,11-13H2. The van der Waals surface area contributed by atoms with Crippen LogP contribution >= 0.6 is 0 Å². The first-order chi connectivity index (χ1) is 13.0. The molecule has 0 saturated carbocycles. The van der Waals surface area contributed by atoms with E-state index in [-0.39, 0.29) is 24.2 Å². The van der Waals surface area contributed by atoms with Gasteiger partial charge in [0.2, 0.25) is 0 Å². The van der Waals surface area contributed by atoms with Crippen molar-refractivity contribution in [3.8, 4) is 0 Å². The van der Waals surface area contributed by atoms with E-state index in [1.165, 1.54) is 6.07 Å². The maximum Gasteiger partial charge on any atom is 0.254 e. The van der Waals surface area contributed by atoms with Crippen LogP contribution in [0.25, 0.3) is 0 Å². The number of piperazine rings is 1. The number of hydrogen-bond acceptors (Lipinski definition) is 5. The Morgan fingerprint density at radius 2 is 2.04 bits per heavy atom. The third-order valence-corrected chi connectivity index (χ3v) is 4.93. The van der Waals surface area contributed by atoms with Crippen LogP contribution in [-0.2, 0) is 9.47 Å². The Kier molecular flexibility index (Phi) is 7.12. The average Bonchev–Trinajstić information content (AvgIpc) is 3.17. The number of halogens is 2. The molecule has 150 valence electrons. The summed E-state index contributed by atoms with van der Waals surface area (Å²) in [6, 6.07) is 3.19. The molecule has 3 rings (SSSR count). The van der Waals surface area contributed by atoms with Gasteiger partial charge in [-0.2, -0.15) is 0 Å². The quantitative estimate of drug-likeness (QED) is 0.767. The number of β-amino-alcohol motifs (C(OH)–C–C–N with tert-alkyl or cyclic N) is 1. The molecule has 2 aliphatic rings. The summed E-state index contributed by atoms with van der Waals surface area (Å²) in [5.74, 6) is -2.30. The molecule has 0 spiro atoms. The molecular weight excluding hydrogens is 358 g/mol. The predicted molar refractivity (Wildman–Crippen MR) is 94.5 cm³/mol. The molecule has 27 heavy (non-hydrogen) atoms. The number of carbonyl (C=O) groups excluding carboxylic acids is 1. The molecule has 8 heteroatoms. The van der Waals surface area contributed by atoms with Gasteiger partial charge >= 0.3 is 0 Å². The summed E-state index contributed by atoms with van der Waals surface area (Å²) in [6.07, 6.45) is 1.61. The fourth-order valence-corrected chi connectivity index (χ4v) is 3.41. The summed E-state index contributed by atoms with van der Waals surface area (Å²) in [5.41, 5.74) is 0.143. The van der Waals surface area contributed by atoms with E-state index in [0.29, 0.717) is 39.3 Å². The highest BCUT2D eigenvalue weighted by Crippen LogP contribution is 2.14. The number of aliphatic hydroxyl groups excluding tert-OH is 1. The van der Waals surface area contributed by atoms with Crippen LogP contribution in [0.5, 0.6) is 0 Å².